The third-order valence-corrected chi connectivity index (χ3v) is 6.44. The van der Waals surface area contributed by atoms with E-state index in [9.17, 15) is 4.79 Å². The molecule has 2 fully saturated rings. The van der Waals surface area contributed by atoms with Gasteiger partial charge >= 0.3 is 0 Å². The first-order chi connectivity index (χ1) is 13.7. The van der Waals surface area contributed by atoms with Crippen LogP contribution in [0.2, 0.25) is 5.02 Å². The summed E-state index contributed by atoms with van der Waals surface area (Å²) in [5, 5.41) is 0.789. The number of aromatic nitrogens is 2. The Morgan fingerprint density at radius 2 is 1.89 bits per heavy atom. The summed E-state index contributed by atoms with van der Waals surface area (Å²) in [5.74, 6) is 0.651. The normalized spacial score (nSPS) is 23.0. The maximum atomic E-state index is 13.2. The van der Waals surface area contributed by atoms with E-state index in [0.29, 0.717) is 17.7 Å². The van der Waals surface area contributed by atoms with Crippen molar-refractivity contribution in [2.45, 2.75) is 24.8 Å². The van der Waals surface area contributed by atoms with E-state index in [2.05, 4.69) is 22.0 Å². The number of carbonyl (C=O) groups excluding carboxylic acids is 1. The number of fused-ring (bicyclic) bond motifs is 2. The molecule has 2 aliphatic heterocycles. The number of benzene rings is 1. The highest BCUT2D eigenvalue weighted by Gasteiger charge is 2.35. The molecule has 2 aromatic heterocycles. The topological polar surface area (TPSA) is 40.9 Å². The van der Waals surface area contributed by atoms with E-state index < -0.39 is 0 Å². The van der Waals surface area contributed by atoms with Crippen LogP contribution in [0.4, 0.5) is 0 Å². The molecule has 0 bridgehead atoms. The molecule has 1 amide bonds. The molecular formula is C22H23ClN4O. The van der Waals surface area contributed by atoms with Crippen LogP contribution in [-0.4, -0.2) is 57.3 Å². The van der Waals surface area contributed by atoms with E-state index in [4.69, 9.17) is 11.6 Å². The van der Waals surface area contributed by atoms with Crippen molar-refractivity contribution >= 4 is 23.2 Å². The number of imidazole rings is 1. The average molecular weight is 395 g/mol. The van der Waals surface area contributed by atoms with Crippen LogP contribution >= 0.6 is 11.6 Å². The number of halogens is 1. The zero-order chi connectivity index (χ0) is 19.1. The Balaban J connectivity index is 1.28. The summed E-state index contributed by atoms with van der Waals surface area (Å²) in [6.07, 6.45) is 5.87. The Kier molecular flexibility index (Phi) is 4.57. The molecule has 5 rings (SSSR count). The van der Waals surface area contributed by atoms with Crippen LogP contribution in [0.15, 0.2) is 54.9 Å². The number of piperazine rings is 1. The van der Waals surface area contributed by atoms with Crippen LogP contribution in [0.5, 0.6) is 0 Å². The fraction of sp³-hybridized carbons (Fsp3) is 0.364. The number of nitrogens with zero attached hydrogens (tertiary/aromatic N) is 4. The van der Waals surface area contributed by atoms with E-state index in [-0.39, 0.29) is 5.91 Å². The van der Waals surface area contributed by atoms with Crippen LogP contribution in [-0.2, 0) is 0 Å². The van der Waals surface area contributed by atoms with E-state index >= 15 is 0 Å². The molecule has 1 aromatic carbocycles. The van der Waals surface area contributed by atoms with Gasteiger partial charge in [-0.05, 0) is 48.6 Å². The van der Waals surface area contributed by atoms with Crippen LogP contribution in [0.25, 0.3) is 5.65 Å². The van der Waals surface area contributed by atoms with E-state index in [1.165, 1.54) is 5.56 Å². The predicted octanol–water partition coefficient (Wildman–Crippen LogP) is 3.69. The summed E-state index contributed by atoms with van der Waals surface area (Å²) in [5.41, 5.74) is 2.87. The van der Waals surface area contributed by atoms with Gasteiger partial charge in [0.05, 0.1) is 0 Å². The zero-order valence-electron chi connectivity index (χ0n) is 15.7. The van der Waals surface area contributed by atoms with Crippen LogP contribution in [0.1, 0.15) is 34.8 Å². The minimum Gasteiger partial charge on any atom is -0.335 e. The summed E-state index contributed by atoms with van der Waals surface area (Å²) in [6.45, 7) is 3.57. The van der Waals surface area contributed by atoms with Gasteiger partial charge in [-0.2, -0.15) is 0 Å². The highest BCUT2D eigenvalue weighted by Crippen LogP contribution is 2.32. The first-order valence-electron chi connectivity index (χ1n) is 9.90. The van der Waals surface area contributed by atoms with Crippen molar-refractivity contribution in [3.8, 4) is 0 Å². The number of pyridine rings is 1. The average Bonchev–Trinajstić information content (AvgIpc) is 3.22. The monoisotopic (exact) mass is 394 g/mol. The van der Waals surface area contributed by atoms with Crippen molar-refractivity contribution in [2.24, 2.45) is 0 Å². The maximum absolute atomic E-state index is 13.2. The van der Waals surface area contributed by atoms with E-state index in [1.807, 2.05) is 45.8 Å². The summed E-state index contributed by atoms with van der Waals surface area (Å²) in [4.78, 5) is 22.0. The quantitative estimate of drug-likeness (QED) is 0.665. The Labute approximate surface area is 169 Å². The lowest BCUT2D eigenvalue weighted by atomic mass is 9.86. The molecule has 2 aliphatic rings. The molecule has 0 saturated carbocycles. The third kappa shape index (κ3) is 3.19. The first kappa shape index (κ1) is 17.7. The first-order valence-corrected chi connectivity index (χ1v) is 10.3. The molecule has 0 unspecified atom stereocenters. The number of hydrogen-bond donors (Lipinski definition) is 0. The highest BCUT2D eigenvalue weighted by molar-refractivity contribution is 6.30. The largest absolute Gasteiger partial charge is 0.335 e. The molecule has 2 atom stereocenters. The van der Waals surface area contributed by atoms with E-state index in [0.717, 1.165) is 49.7 Å². The van der Waals surface area contributed by atoms with Gasteiger partial charge in [0.25, 0.3) is 5.91 Å². The van der Waals surface area contributed by atoms with Gasteiger partial charge in [-0.3, -0.25) is 14.1 Å². The molecule has 6 heteroatoms. The van der Waals surface area contributed by atoms with Crippen molar-refractivity contribution in [3.63, 3.8) is 0 Å². The predicted molar refractivity (Wildman–Crippen MR) is 110 cm³/mol. The fourth-order valence-corrected chi connectivity index (χ4v) is 4.78. The number of piperidine rings is 1. The van der Waals surface area contributed by atoms with Crippen LogP contribution < -0.4 is 0 Å². The van der Waals surface area contributed by atoms with Gasteiger partial charge in [-0.1, -0.05) is 29.8 Å². The number of rotatable bonds is 2. The van der Waals surface area contributed by atoms with E-state index in [1.54, 1.807) is 6.20 Å². The molecule has 0 spiro atoms. The summed E-state index contributed by atoms with van der Waals surface area (Å²) in [7, 11) is 0. The summed E-state index contributed by atoms with van der Waals surface area (Å²) >= 11 is 6.03. The minimum atomic E-state index is 0.100. The van der Waals surface area contributed by atoms with Crippen molar-refractivity contribution in [3.05, 3.63) is 71.1 Å². The molecule has 144 valence electrons. The van der Waals surface area contributed by atoms with Crippen molar-refractivity contribution < 1.29 is 4.79 Å². The lowest BCUT2D eigenvalue weighted by Gasteiger charge is -2.46. The van der Waals surface area contributed by atoms with Gasteiger partial charge in [0, 0.05) is 49.6 Å². The van der Waals surface area contributed by atoms with Crippen molar-refractivity contribution in [2.75, 3.05) is 26.2 Å². The minimum absolute atomic E-state index is 0.100. The Morgan fingerprint density at radius 3 is 2.75 bits per heavy atom. The molecule has 5 nitrogen and oxygen atoms in total. The van der Waals surface area contributed by atoms with Gasteiger partial charge in [-0.25, -0.2) is 4.98 Å². The molecule has 0 aliphatic carbocycles. The molecule has 28 heavy (non-hydrogen) atoms. The number of carbonyl (C=O) groups is 1. The fourth-order valence-electron chi connectivity index (χ4n) is 4.65. The highest BCUT2D eigenvalue weighted by atomic mass is 35.5. The lowest BCUT2D eigenvalue weighted by Crippen LogP contribution is -2.57. The molecule has 2 saturated heterocycles. The molecular weight excluding hydrogens is 372 g/mol. The van der Waals surface area contributed by atoms with Crippen molar-refractivity contribution in [1.82, 2.24) is 19.2 Å². The Morgan fingerprint density at radius 1 is 1.04 bits per heavy atom. The van der Waals surface area contributed by atoms with Crippen LogP contribution in [0.3, 0.4) is 0 Å². The van der Waals surface area contributed by atoms with Gasteiger partial charge < -0.3 is 4.90 Å². The van der Waals surface area contributed by atoms with Gasteiger partial charge in [0.2, 0.25) is 0 Å². The Hall–Kier alpha value is -2.37. The second kappa shape index (κ2) is 7.22. The molecule has 0 radical (unpaired) electrons. The zero-order valence-corrected chi connectivity index (χ0v) is 16.4. The molecule has 0 N–H and O–H groups in total. The van der Waals surface area contributed by atoms with Crippen molar-refractivity contribution in [1.29, 1.82) is 0 Å². The summed E-state index contributed by atoms with van der Waals surface area (Å²) in [6, 6.07) is 14.4. The molecule has 3 aromatic rings. The molecule has 4 heterocycles. The standard InChI is InChI=1S/C22H23ClN4O/c23-18-7-4-16(5-8-18)17-6-9-19-15-26(13-12-25(19)14-17)22(28)20-2-1-3-21-24-10-11-27(20)21/h1-5,7-8,10-11,17,19H,6,9,12-15H2/t17-,19+/m0/s1. The SMILES string of the molecule is O=C(c1cccc2nccn12)N1CCN2C[C@@H](c3ccc(Cl)cc3)CC[C@@H]2C1. The number of hydrogen-bond acceptors (Lipinski definition) is 3. The van der Waals surface area contributed by atoms with Gasteiger partial charge in [0.1, 0.15) is 11.3 Å². The maximum Gasteiger partial charge on any atom is 0.270 e. The van der Waals surface area contributed by atoms with Gasteiger partial charge in [0.15, 0.2) is 0 Å². The number of amides is 1. The third-order valence-electron chi connectivity index (χ3n) is 6.18. The Bertz CT molecular complexity index is 999. The van der Waals surface area contributed by atoms with Crippen LogP contribution in [0, 0.1) is 0 Å². The lowest BCUT2D eigenvalue weighted by molar-refractivity contribution is 0.0324. The second-order valence-electron chi connectivity index (χ2n) is 7.79. The van der Waals surface area contributed by atoms with Gasteiger partial charge in [-0.15, -0.1) is 0 Å². The second-order valence-corrected chi connectivity index (χ2v) is 8.23. The summed E-state index contributed by atoms with van der Waals surface area (Å²) < 4.78 is 1.88. The smallest absolute Gasteiger partial charge is 0.270 e.